The predicted molar refractivity (Wildman–Crippen MR) is 224 cm³/mol. The van der Waals surface area contributed by atoms with Crippen LogP contribution in [0.1, 0.15) is 68.9 Å². The molecule has 4 N–H and O–H groups in total. The van der Waals surface area contributed by atoms with Gasteiger partial charge in [-0.1, -0.05) is 60.5 Å². The number of hydrogen-bond acceptors (Lipinski definition) is 13. The molecule has 1 aliphatic heterocycles. The summed E-state index contributed by atoms with van der Waals surface area (Å²) in [5.74, 6) is -1.61. The average molecular weight is 838 g/mol. The first-order valence-corrected chi connectivity index (χ1v) is 21.2. The van der Waals surface area contributed by atoms with E-state index >= 15 is 0 Å². The van der Waals surface area contributed by atoms with Crippen LogP contribution in [0, 0.1) is 17.8 Å². The van der Waals surface area contributed by atoms with E-state index in [-0.39, 0.29) is 83.6 Å². The number of hydrogen-bond donors (Lipinski definition) is 4. The van der Waals surface area contributed by atoms with Crippen LogP contribution in [0.2, 0.25) is 0 Å². The van der Waals surface area contributed by atoms with Crippen LogP contribution < -0.4 is 14.8 Å². The van der Waals surface area contributed by atoms with Crippen LogP contribution >= 0.6 is 0 Å². The fourth-order valence-corrected chi connectivity index (χ4v) is 8.85. The van der Waals surface area contributed by atoms with E-state index < -0.39 is 29.9 Å². The highest BCUT2D eigenvalue weighted by Crippen LogP contribution is 2.62. The van der Waals surface area contributed by atoms with Gasteiger partial charge in [-0.15, -0.1) is 6.58 Å². The molecule has 1 saturated carbocycles. The van der Waals surface area contributed by atoms with Crippen LogP contribution in [0.5, 0.6) is 11.5 Å². The molecule has 0 saturated heterocycles. The van der Waals surface area contributed by atoms with Crippen molar-refractivity contribution < 1.29 is 58.2 Å². The predicted octanol–water partition coefficient (Wildman–Crippen LogP) is 5.72. The van der Waals surface area contributed by atoms with Gasteiger partial charge in [-0.3, -0.25) is 4.90 Å². The van der Waals surface area contributed by atoms with Gasteiger partial charge >= 0.3 is 12.2 Å². The van der Waals surface area contributed by atoms with Crippen molar-refractivity contribution in [3.8, 4) is 11.5 Å². The molecule has 2 aromatic rings. The summed E-state index contributed by atoms with van der Waals surface area (Å²) < 4.78 is 37.3. The Morgan fingerprint density at radius 3 is 2.48 bits per heavy atom. The maximum absolute atomic E-state index is 14.5. The van der Waals surface area contributed by atoms with Gasteiger partial charge < -0.3 is 53.9 Å². The molecule has 2 amide bonds. The lowest BCUT2D eigenvalue weighted by Gasteiger charge is -2.59. The number of nitrogens with zero attached hydrogens (tertiary/aromatic N) is 2. The third kappa shape index (κ3) is 11.6. The second-order valence-electron chi connectivity index (χ2n) is 15.1. The minimum absolute atomic E-state index is 0.0185. The van der Waals surface area contributed by atoms with Crippen molar-refractivity contribution in [2.75, 3.05) is 73.1 Å². The number of amides is 2. The second-order valence-corrected chi connectivity index (χ2v) is 15.1. The lowest BCUT2D eigenvalue weighted by Crippen LogP contribution is -2.70. The van der Waals surface area contributed by atoms with Crippen LogP contribution in [0.3, 0.4) is 0 Å². The number of aliphatic hydroxyl groups is 3. The molecule has 15 heteroatoms. The van der Waals surface area contributed by atoms with E-state index in [1.807, 2.05) is 43.3 Å². The molecule has 2 aliphatic carbocycles. The van der Waals surface area contributed by atoms with Crippen molar-refractivity contribution in [2.45, 2.75) is 76.2 Å². The Balaban J connectivity index is 1.64. The molecule has 0 aromatic heterocycles. The van der Waals surface area contributed by atoms with Crippen LogP contribution in [-0.4, -0.2) is 123 Å². The lowest BCUT2D eigenvalue weighted by molar-refractivity contribution is -0.256. The van der Waals surface area contributed by atoms with Gasteiger partial charge in [-0.25, -0.2) is 9.59 Å². The van der Waals surface area contributed by atoms with E-state index in [4.69, 9.17) is 33.3 Å². The fourth-order valence-electron chi connectivity index (χ4n) is 8.85. The summed E-state index contributed by atoms with van der Waals surface area (Å²) in [5, 5.41) is 36.5. The first-order chi connectivity index (χ1) is 29.3. The Hall–Kier alpha value is -4.51. The zero-order valence-corrected chi connectivity index (χ0v) is 35.0. The number of nitrogens with one attached hydrogen (secondary N) is 1. The molecule has 0 radical (unpaired) electrons. The molecule has 1 heterocycles. The molecule has 2 aromatic carbocycles. The zero-order valence-electron chi connectivity index (χ0n) is 35.0. The number of fused-ring (bicyclic) bond motifs is 2. The normalized spacial score (nSPS) is 23.4. The number of rotatable bonds is 25. The van der Waals surface area contributed by atoms with E-state index in [0.717, 1.165) is 42.4 Å². The molecule has 15 nitrogen and oxygen atoms in total. The Labute approximate surface area is 353 Å². The summed E-state index contributed by atoms with van der Waals surface area (Å²) in [6.45, 7) is 6.88. The zero-order chi connectivity index (χ0) is 42.7. The monoisotopic (exact) mass is 837 g/mol. The van der Waals surface area contributed by atoms with Gasteiger partial charge in [-0.2, -0.15) is 0 Å². The van der Waals surface area contributed by atoms with Crippen molar-refractivity contribution in [3.05, 3.63) is 84.0 Å². The smallest absolute Gasteiger partial charge is 0.412 e. The second kappa shape index (κ2) is 24.1. The number of oxime groups is 1. The van der Waals surface area contributed by atoms with Crippen LogP contribution in [0.4, 0.5) is 9.59 Å². The first kappa shape index (κ1) is 46.6. The average Bonchev–Trinajstić information content (AvgIpc) is 3.25. The summed E-state index contributed by atoms with van der Waals surface area (Å²) >= 11 is 0. The number of allylic oxidation sites excluding steroid dienone is 1. The van der Waals surface area contributed by atoms with Crippen molar-refractivity contribution in [3.63, 3.8) is 0 Å². The maximum atomic E-state index is 14.5. The number of benzene rings is 2. The Morgan fingerprint density at radius 1 is 0.983 bits per heavy atom. The number of carbonyl (C=O) groups is 2. The van der Waals surface area contributed by atoms with E-state index in [1.54, 1.807) is 23.1 Å². The quantitative estimate of drug-likeness (QED) is 0.0542. The van der Waals surface area contributed by atoms with Gasteiger partial charge in [0.15, 0.2) is 0 Å². The Bertz CT molecular complexity index is 1720. The van der Waals surface area contributed by atoms with Crippen LogP contribution in [0.25, 0.3) is 0 Å². The molecule has 60 heavy (non-hydrogen) atoms. The highest BCUT2D eigenvalue weighted by atomic mass is 16.7. The molecule has 3 aliphatic rings. The molecule has 1 fully saturated rings. The Morgan fingerprint density at radius 2 is 1.77 bits per heavy atom. The summed E-state index contributed by atoms with van der Waals surface area (Å²) in [4.78, 5) is 34.2. The highest BCUT2D eigenvalue weighted by molar-refractivity contribution is 6.03. The minimum atomic E-state index is -1.53. The molecule has 6 atom stereocenters. The number of unbranched alkanes of at least 4 members (excludes halogenated alkanes) is 2. The summed E-state index contributed by atoms with van der Waals surface area (Å²) in [6.07, 6.45) is 7.09. The van der Waals surface area contributed by atoms with E-state index in [2.05, 4.69) is 23.1 Å². The van der Waals surface area contributed by atoms with Crippen molar-refractivity contribution in [1.29, 1.82) is 0 Å². The molecular weight excluding hydrogens is 775 g/mol. The first-order valence-electron chi connectivity index (χ1n) is 21.2. The summed E-state index contributed by atoms with van der Waals surface area (Å²) in [6, 6.07) is 14.2. The molecule has 0 bridgehead atoms. The fraction of sp³-hybridized carbons (Fsp3) is 0.578. The van der Waals surface area contributed by atoms with Crippen LogP contribution in [0.15, 0.2) is 78.0 Å². The minimum Gasteiger partial charge on any atom is -0.459 e. The lowest BCUT2D eigenvalue weighted by atomic mass is 9.55. The van der Waals surface area contributed by atoms with Gasteiger partial charge in [-0.05, 0) is 73.8 Å². The third-order valence-electron chi connectivity index (χ3n) is 11.3. The van der Waals surface area contributed by atoms with Gasteiger partial charge in [0.05, 0.1) is 51.3 Å². The summed E-state index contributed by atoms with van der Waals surface area (Å²) in [5.41, 5.74) is 3.27. The van der Waals surface area contributed by atoms with Gasteiger partial charge in [0.1, 0.15) is 31.3 Å². The Kier molecular flexibility index (Phi) is 18.7. The molecule has 0 unspecified atom stereocenters. The largest absolute Gasteiger partial charge is 0.459 e. The summed E-state index contributed by atoms with van der Waals surface area (Å²) in [7, 11) is 1.48. The maximum Gasteiger partial charge on any atom is 0.412 e. The number of carbonyl (C=O) groups excluding carboxylic acids is 2. The molecule has 0 spiro atoms. The number of ether oxygens (including phenoxy) is 6. The van der Waals surface area contributed by atoms with E-state index in [1.165, 1.54) is 7.11 Å². The van der Waals surface area contributed by atoms with Gasteiger partial charge in [0, 0.05) is 44.2 Å². The van der Waals surface area contributed by atoms with Gasteiger partial charge in [0.2, 0.25) is 5.79 Å². The molecule has 5 rings (SSSR count). The highest BCUT2D eigenvalue weighted by Gasteiger charge is 2.65. The topological polar surface area (TPSA) is 187 Å². The van der Waals surface area contributed by atoms with E-state index in [0.29, 0.717) is 43.2 Å². The number of aliphatic hydroxyl groups excluding tert-OH is 3. The third-order valence-corrected chi connectivity index (χ3v) is 11.3. The van der Waals surface area contributed by atoms with Gasteiger partial charge in [0.25, 0.3) is 0 Å². The standard InChI is InChI=1S/C45H63N3O12/c1-4-23-58-45-40(48(19-24-55-25-22-51)44(53)57-27-26-56-31-32-13-7-6-8-14-32)30-38(47-54-3)36-28-33(15-9-11-20-49)35(16-10-12-21-50)41(42(36)45)37-29-34(17-18-39(37)60-45)59-43(52)46-5-2/h4,6-8,13-14,17-18,28-29,33,35,40-42,49-51H,1,5,9-12,15-16,19-27,30-31H2,2-3H3,(H,46,52)/t33-,35+,40-,41+,42+,45+/m0/s1. The van der Waals surface area contributed by atoms with E-state index in [9.17, 15) is 24.9 Å². The van der Waals surface area contributed by atoms with Crippen molar-refractivity contribution in [1.82, 2.24) is 10.2 Å². The molecular formula is C45H63N3O12. The van der Waals surface area contributed by atoms with Crippen LogP contribution in [-0.2, 0) is 30.4 Å². The van der Waals surface area contributed by atoms with Crippen molar-refractivity contribution >= 4 is 17.9 Å². The SMILES string of the molecule is C=CCO[C@@]12Oc3ccc(OC(=O)NCC)cc3[C@H]3[C@H](CCCCO)[C@@H](CCCCO)C=C(C(=NOC)C[C@@H]1N(CCOCCO)C(=O)OCCOCc1ccccc1)[C@H]32. The molecule has 330 valence electrons. The van der Waals surface area contributed by atoms with Crippen molar-refractivity contribution in [2.24, 2.45) is 22.9 Å².